The third-order valence-electron chi connectivity index (χ3n) is 6.46. The van der Waals surface area contributed by atoms with Gasteiger partial charge in [-0.3, -0.25) is 4.79 Å². The van der Waals surface area contributed by atoms with Gasteiger partial charge in [0.25, 0.3) is 5.91 Å². The first kappa shape index (κ1) is 22.4. The number of likely N-dealkylation sites (tertiary alicyclic amines) is 1. The summed E-state index contributed by atoms with van der Waals surface area (Å²) in [5.74, 6) is 1.37. The molecule has 2 atom stereocenters. The van der Waals surface area contributed by atoms with Gasteiger partial charge in [-0.05, 0) is 49.6 Å². The lowest BCUT2D eigenvalue weighted by Gasteiger charge is -2.34. The van der Waals surface area contributed by atoms with Crippen molar-refractivity contribution in [2.75, 3.05) is 13.1 Å². The minimum atomic E-state index is 0. The van der Waals surface area contributed by atoms with Crippen LogP contribution in [0.2, 0.25) is 0 Å². The van der Waals surface area contributed by atoms with Gasteiger partial charge in [0.15, 0.2) is 5.82 Å². The number of aromatic nitrogens is 3. The second kappa shape index (κ2) is 8.60. The normalized spacial score (nSPS) is 18.8. The zero-order chi connectivity index (χ0) is 21.7. The van der Waals surface area contributed by atoms with Crippen LogP contribution in [0.5, 0.6) is 0 Å². The zero-order valence-electron chi connectivity index (χ0n) is 18.8. The Morgan fingerprint density at radius 1 is 1.12 bits per heavy atom. The van der Waals surface area contributed by atoms with E-state index in [1.165, 1.54) is 10.9 Å². The van der Waals surface area contributed by atoms with E-state index in [2.05, 4.69) is 53.3 Å². The van der Waals surface area contributed by atoms with E-state index in [1.807, 2.05) is 30.1 Å². The summed E-state index contributed by atoms with van der Waals surface area (Å²) < 4.78 is 4.40. The number of fused-ring (bicyclic) bond motifs is 2. The first-order valence-electron chi connectivity index (χ1n) is 11.1. The summed E-state index contributed by atoms with van der Waals surface area (Å²) in [7, 11) is 2.04. The van der Waals surface area contributed by atoms with Gasteiger partial charge in [0.1, 0.15) is 0 Å². The fourth-order valence-corrected chi connectivity index (χ4v) is 5.05. The van der Waals surface area contributed by atoms with E-state index < -0.39 is 0 Å². The molecule has 0 spiro atoms. The third-order valence-corrected chi connectivity index (χ3v) is 6.46. The predicted molar refractivity (Wildman–Crippen MR) is 132 cm³/mol. The maximum absolute atomic E-state index is 13.1. The van der Waals surface area contributed by atoms with Crippen molar-refractivity contribution in [3.63, 3.8) is 0 Å². The molecule has 1 aliphatic heterocycles. The standard InChI is InChI=1S/C25H29N5O.ClH/c1-4-30-21-8-6-5-7-17(21)13-23(30)24-27-20-12-18(9-10-22(20)28(24)3)25(31)29-14-16(2)11-19(26)15-29;/h5-10,12-13,16,19H,4,11,14-15,26H2,1-3H3;1H. The Bertz CT molecular complexity index is 1280. The Morgan fingerprint density at radius 3 is 2.66 bits per heavy atom. The highest BCUT2D eigenvalue weighted by Crippen LogP contribution is 2.30. The summed E-state index contributed by atoms with van der Waals surface area (Å²) in [5.41, 5.74) is 11.0. The number of carbonyl (C=O) groups excluding carboxylic acids is 1. The summed E-state index contributed by atoms with van der Waals surface area (Å²) in [6, 6.07) is 16.5. The number of halogens is 1. The summed E-state index contributed by atoms with van der Waals surface area (Å²) in [6.07, 6.45) is 0.970. The Morgan fingerprint density at radius 2 is 1.91 bits per heavy atom. The second-order valence-corrected chi connectivity index (χ2v) is 8.84. The minimum absolute atomic E-state index is 0. The van der Waals surface area contributed by atoms with E-state index in [0.29, 0.717) is 18.0 Å². The topological polar surface area (TPSA) is 69.1 Å². The van der Waals surface area contributed by atoms with Crippen molar-refractivity contribution in [3.8, 4) is 11.5 Å². The van der Waals surface area contributed by atoms with Crippen molar-refractivity contribution < 1.29 is 4.79 Å². The van der Waals surface area contributed by atoms with E-state index in [9.17, 15) is 4.79 Å². The summed E-state index contributed by atoms with van der Waals surface area (Å²) in [4.78, 5) is 20.0. The molecule has 0 saturated carbocycles. The predicted octanol–water partition coefficient (Wildman–Crippen LogP) is 4.45. The molecule has 0 aliphatic carbocycles. The fourth-order valence-electron chi connectivity index (χ4n) is 5.05. The summed E-state index contributed by atoms with van der Waals surface area (Å²) >= 11 is 0. The maximum Gasteiger partial charge on any atom is 0.253 e. The fraction of sp³-hybridized carbons (Fsp3) is 0.360. The van der Waals surface area contributed by atoms with Gasteiger partial charge in [-0.2, -0.15) is 0 Å². The smallest absolute Gasteiger partial charge is 0.253 e. The van der Waals surface area contributed by atoms with Crippen LogP contribution in [0.25, 0.3) is 33.5 Å². The van der Waals surface area contributed by atoms with Crippen LogP contribution in [0, 0.1) is 5.92 Å². The highest BCUT2D eigenvalue weighted by Gasteiger charge is 2.27. The Hall–Kier alpha value is -2.83. The van der Waals surface area contributed by atoms with E-state index >= 15 is 0 Å². The van der Waals surface area contributed by atoms with Crippen molar-refractivity contribution in [1.82, 2.24) is 19.0 Å². The number of aryl methyl sites for hydroxylation is 2. The molecule has 1 saturated heterocycles. The van der Waals surface area contributed by atoms with Crippen LogP contribution in [0.4, 0.5) is 0 Å². The molecule has 1 aliphatic rings. The molecule has 32 heavy (non-hydrogen) atoms. The molecule has 2 aromatic heterocycles. The number of benzene rings is 2. The highest BCUT2D eigenvalue weighted by atomic mass is 35.5. The lowest BCUT2D eigenvalue weighted by atomic mass is 9.96. The number of rotatable bonds is 3. The van der Waals surface area contributed by atoms with Crippen LogP contribution < -0.4 is 5.73 Å². The van der Waals surface area contributed by atoms with Crippen molar-refractivity contribution in [1.29, 1.82) is 0 Å². The zero-order valence-corrected chi connectivity index (χ0v) is 19.6. The number of amides is 1. The van der Waals surface area contributed by atoms with Gasteiger partial charge in [-0.25, -0.2) is 4.98 Å². The third kappa shape index (κ3) is 3.67. The number of nitrogens with two attached hydrogens (primary N) is 1. The quantitative estimate of drug-likeness (QED) is 0.500. The van der Waals surface area contributed by atoms with E-state index in [-0.39, 0.29) is 24.4 Å². The van der Waals surface area contributed by atoms with Gasteiger partial charge < -0.3 is 19.8 Å². The molecule has 2 aromatic carbocycles. The average molecular weight is 452 g/mol. The molecule has 0 radical (unpaired) electrons. The number of imidazole rings is 1. The number of hydrogen-bond acceptors (Lipinski definition) is 3. The molecule has 168 valence electrons. The van der Waals surface area contributed by atoms with Gasteiger partial charge >= 0.3 is 0 Å². The number of carbonyl (C=O) groups is 1. The monoisotopic (exact) mass is 451 g/mol. The molecular weight excluding hydrogens is 422 g/mol. The van der Waals surface area contributed by atoms with Gasteiger partial charge in [0.2, 0.25) is 0 Å². The maximum atomic E-state index is 13.1. The van der Waals surface area contributed by atoms with Crippen molar-refractivity contribution >= 4 is 40.3 Å². The lowest BCUT2D eigenvalue weighted by Crippen LogP contribution is -2.48. The van der Waals surface area contributed by atoms with Gasteiger partial charge in [0.05, 0.1) is 16.7 Å². The average Bonchev–Trinajstić information content (AvgIpc) is 3.29. The Kier molecular flexibility index (Phi) is 6.01. The van der Waals surface area contributed by atoms with Gasteiger partial charge in [-0.15, -0.1) is 12.4 Å². The lowest BCUT2D eigenvalue weighted by molar-refractivity contribution is 0.0661. The molecule has 4 aromatic rings. The molecule has 0 bridgehead atoms. The van der Waals surface area contributed by atoms with Gasteiger partial charge in [-0.1, -0.05) is 25.1 Å². The molecule has 1 amide bonds. The second-order valence-electron chi connectivity index (χ2n) is 8.84. The molecule has 3 heterocycles. The SMILES string of the molecule is CCn1c(-c2nc3cc(C(=O)N4CC(C)CC(N)C4)ccc3n2C)cc2ccccc21.Cl. The molecule has 7 heteroatoms. The first-order valence-corrected chi connectivity index (χ1v) is 11.1. The van der Waals surface area contributed by atoms with Crippen molar-refractivity contribution in [2.24, 2.45) is 18.7 Å². The van der Waals surface area contributed by atoms with Crippen LogP contribution in [-0.2, 0) is 13.6 Å². The summed E-state index contributed by atoms with van der Waals surface area (Å²) in [5, 5.41) is 1.21. The van der Waals surface area contributed by atoms with E-state index in [4.69, 9.17) is 10.7 Å². The van der Waals surface area contributed by atoms with Crippen LogP contribution in [0.15, 0.2) is 48.5 Å². The van der Waals surface area contributed by atoms with Crippen molar-refractivity contribution in [2.45, 2.75) is 32.9 Å². The van der Waals surface area contributed by atoms with Gasteiger partial charge in [0, 0.05) is 49.2 Å². The molecule has 6 nitrogen and oxygen atoms in total. The molecule has 1 fully saturated rings. The largest absolute Gasteiger partial charge is 0.338 e. The Balaban J connectivity index is 0.00000245. The van der Waals surface area contributed by atoms with E-state index in [1.54, 1.807) is 0 Å². The number of hydrogen-bond donors (Lipinski definition) is 1. The molecule has 2 unspecified atom stereocenters. The van der Waals surface area contributed by atoms with Crippen LogP contribution in [0.1, 0.15) is 30.6 Å². The van der Waals surface area contributed by atoms with E-state index in [0.717, 1.165) is 42.1 Å². The van der Waals surface area contributed by atoms with Crippen LogP contribution >= 0.6 is 12.4 Å². The minimum Gasteiger partial charge on any atom is -0.338 e. The van der Waals surface area contributed by atoms with Crippen LogP contribution in [0.3, 0.4) is 0 Å². The number of piperidine rings is 1. The summed E-state index contributed by atoms with van der Waals surface area (Å²) in [6.45, 7) is 6.54. The van der Waals surface area contributed by atoms with Crippen LogP contribution in [-0.4, -0.2) is 44.1 Å². The van der Waals surface area contributed by atoms with Crippen molar-refractivity contribution in [3.05, 3.63) is 54.1 Å². The highest BCUT2D eigenvalue weighted by molar-refractivity contribution is 5.98. The first-order chi connectivity index (χ1) is 15.0. The Labute approximate surface area is 194 Å². The number of nitrogens with zero attached hydrogens (tertiary/aromatic N) is 4. The number of para-hydroxylation sites is 1. The molecular formula is C25H30ClN5O. The molecule has 5 rings (SSSR count). The molecule has 2 N–H and O–H groups in total.